The summed E-state index contributed by atoms with van der Waals surface area (Å²) in [4.78, 5) is 23.5. The molecule has 1 aromatic heterocycles. The molecule has 0 amide bonds. The van der Waals surface area contributed by atoms with Gasteiger partial charge in [0.1, 0.15) is 23.8 Å². The van der Waals surface area contributed by atoms with Gasteiger partial charge in [-0.15, -0.1) is 0 Å². The van der Waals surface area contributed by atoms with Crippen LogP contribution in [0.15, 0.2) is 72.8 Å². The maximum atomic E-state index is 14.1. The average molecular weight is 558 g/mol. The number of H-pyrrole nitrogens is 1. The second-order valence-electron chi connectivity index (χ2n) is 11.6. The number of aryl methyl sites for hydroxylation is 2. The number of hydrogen-bond acceptors (Lipinski definition) is 5. The molecule has 0 spiro atoms. The number of rotatable bonds is 11. The van der Waals surface area contributed by atoms with Crippen molar-refractivity contribution in [2.45, 2.75) is 64.1 Å². The number of carbonyl (C=O) groups is 1. The molecule has 4 aromatic rings. The Morgan fingerprint density at radius 1 is 1.10 bits per heavy atom. The smallest absolute Gasteiger partial charge is 0.429 e. The molecule has 41 heavy (non-hydrogen) atoms. The molecule has 1 heterocycles. The highest BCUT2D eigenvalue weighted by Gasteiger charge is 2.48. The number of halogens is 1. The summed E-state index contributed by atoms with van der Waals surface area (Å²) in [6, 6.07) is 22.7. The van der Waals surface area contributed by atoms with Crippen molar-refractivity contribution in [3.05, 3.63) is 101 Å². The fourth-order valence-corrected chi connectivity index (χ4v) is 6.34. The number of imidazole rings is 1. The van der Waals surface area contributed by atoms with Gasteiger partial charge in [-0.3, -0.25) is 0 Å². The van der Waals surface area contributed by atoms with E-state index in [9.17, 15) is 9.18 Å². The summed E-state index contributed by atoms with van der Waals surface area (Å²) in [6.07, 6.45) is 3.10. The third-order valence-electron chi connectivity index (χ3n) is 8.29. The van der Waals surface area contributed by atoms with E-state index in [-0.39, 0.29) is 24.3 Å². The van der Waals surface area contributed by atoms with Crippen LogP contribution in [-0.2, 0) is 28.9 Å². The van der Waals surface area contributed by atoms with Gasteiger partial charge in [-0.2, -0.15) is 0 Å². The highest BCUT2D eigenvalue weighted by atomic mass is 19.1. The van der Waals surface area contributed by atoms with Crippen LogP contribution < -0.4 is 0 Å². The Morgan fingerprint density at radius 2 is 1.88 bits per heavy atom. The maximum absolute atomic E-state index is 14.1. The second-order valence-corrected chi connectivity index (χ2v) is 11.6. The third kappa shape index (κ3) is 6.96. The molecule has 0 saturated carbocycles. The Labute approximate surface area is 241 Å². The predicted octanol–water partition coefficient (Wildman–Crippen LogP) is 7.43. The van der Waals surface area contributed by atoms with Crippen LogP contribution in [0, 0.1) is 11.7 Å². The van der Waals surface area contributed by atoms with E-state index >= 15 is 0 Å². The van der Waals surface area contributed by atoms with Crippen molar-refractivity contribution < 1.29 is 18.7 Å². The van der Waals surface area contributed by atoms with E-state index in [0.717, 1.165) is 59.5 Å². The topological polar surface area (TPSA) is 67.5 Å². The van der Waals surface area contributed by atoms with E-state index in [1.807, 2.05) is 60.7 Å². The molecule has 0 aliphatic heterocycles. The first kappa shape index (κ1) is 28.8. The average Bonchev–Trinajstić information content (AvgIpc) is 3.38. The number of nitrogens with one attached hydrogen (secondary N) is 1. The molecule has 1 N–H and O–H groups in total. The molecule has 216 valence electrons. The van der Waals surface area contributed by atoms with Gasteiger partial charge in [0.25, 0.3) is 0 Å². The van der Waals surface area contributed by atoms with Crippen molar-refractivity contribution in [2.75, 3.05) is 20.1 Å². The van der Waals surface area contributed by atoms with Crippen LogP contribution in [0.5, 0.6) is 0 Å². The Bertz CT molecular complexity index is 1420. The highest BCUT2D eigenvalue weighted by Crippen LogP contribution is 2.48. The van der Waals surface area contributed by atoms with Crippen LogP contribution in [0.1, 0.15) is 61.5 Å². The van der Waals surface area contributed by atoms with Gasteiger partial charge in [0.15, 0.2) is 0 Å². The first-order valence-electron chi connectivity index (χ1n) is 14.6. The Morgan fingerprint density at radius 3 is 2.66 bits per heavy atom. The highest BCUT2D eigenvalue weighted by molar-refractivity contribution is 5.74. The summed E-state index contributed by atoms with van der Waals surface area (Å²) in [5, 5.41) is 0. The lowest BCUT2D eigenvalue weighted by Crippen LogP contribution is -2.48. The molecule has 1 aliphatic carbocycles. The summed E-state index contributed by atoms with van der Waals surface area (Å²) in [5.74, 6) is 0.877. The number of benzene rings is 3. The van der Waals surface area contributed by atoms with Gasteiger partial charge in [0.2, 0.25) is 0 Å². The van der Waals surface area contributed by atoms with Gasteiger partial charge in [0.05, 0.1) is 11.0 Å². The quantitative estimate of drug-likeness (QED) is 0.194. The molecule has 5 rings (SSSR count). The Kier molecular flexibility index (Phi) is 9.03. The summed E-state index contributed by atoms with van der Waals surface area (Å²) in [6.45, 7) is 6.10. The van der Waals surface area contributed by atoms with Gasteiger partial charge < -0.3 is 19.4 Å². The fraction of sp³-hybridized carbons (Fsp3) is 0.412. The van der Waals surface area contributed by atoms with Gasteiger partial charge in [0, 0.05) is 25.3 Å². The fourth-order valence-electron chi connectivity index (χ4n) is 6.34. The Hall–Kier alpha value is -3.71. The zero-order chi connectivity index (χ0) is 28.8. The lowest BCUT2D eigenvalue weighted by Gasteiger charge is -2.46. The zero-order valence-corrected chi connectivity index (χ0v) is 24.2. The molecular formula is C34H40FN3O3. The first-order chi connectivity index (χ1) is 19.8. The number of para-hydroxylation sites is 2. The summed E-state index contributed by atoms with van der Waals surface area (Å²) >= 11 is 0. The van der Waals surface area contributed by atoms with Crippen LogP contribution >= 0.6 is 0 Å². The normalized spacial score (nSPS) is 18.5. The maximum Gasteiger partial charge on any atom is 0.509 e. The standard InChI is InChI=1S/C34H40FN3O3/c1-24(2)32-28-16-15-27(35)22-26(28)17-18-34(32,41-33(39)40-23-25-10-5-4-6-11-25)19-21-38(3)20-9-14-31-36-29-12-7-8-13-30(29)37-31/h4-8,10-13,15-16,22,24,32H,9,14,17-21,23H2,1-3H3,(H,36,37)/t32-,34-/m0/s1. The number of fused-ring (bicyclic) bond motifs is 2. The number of aromatic nitrogens is 2. The van der Waals surface area contributed by atoms with Crippen LogP contribution in [-0.4, -0.2) is 46.8 Å². The second kappa shape index (κ2) is 12.9. The van der Waals surface area contributed by atoms with Gasteiger partial charge in [-0.1, -0.05) is 62.4 Å². The molecule has 0 unspecified atom stereocenters. The summed E-state index contributed by atoms with van der Waals surface area (Å²) in [7, 11) is 2.11. The summed E-state index contributed by atoms with van der Waals surface area (Å²) < 4.78 is 26.0. The number of carbonyl (C=O) groups excluding carboxylic acids is 1. The molecule has 2 atom stereocenters. The van der Waals surface area contributed by atoms with Crippen molar-refractivity contribution in [3.63, 3.8) is 0 Å². The van der Waals surface area contributed by atoms with Crippen molar-refractivity contribution in [2.24, 2.45) is 5.92 Å². The van der Waals surface area contributed by atoms with E-state index < -0.39 is 11.8 Å². The molecule has 1 aliphatic rings. The lowest BCUT2D eigenvalue weighted by atomic mass is 9.65. The van der Waals surface area contributed by atoms with Crippen molar-refractivity contribution >= 4 is 17.2 Å². The van der Waals surface area contributed by atoms with Crippen molar-refractivity contribution in [3.8, 4) is 0 Å². The van der Waals surface area contributed by atoms with Gasteiger partial charge >= 0.3 is 6.16 Å². The SMILES string of the molecule is CC(C)[C@H]1c2ccc(F)cc2CC[C@@]1(CCN(C)CCCc1nc2ccccc2[nH]1)OC(=O)OCc1ccccc1. The molecule has 6 nitrogen and oxygen atoms in total. The molecule has 7 heteroatoms. The van der Waals surface area contributed by atoms with Crippen LogP contribution in [0.3, 0.4) is 0 Å². The van der Waals surface area contributed by atoms with Crippen LogP contribution in [0.4, 0.5) is 9.18 Å². The molecular weight excluding hydrogens is 517 g/mol. The van der Waals surface area contributed by atoms with E-state index in [2.05, 4.69) is 30.8 Å². The van der Waals surface area contributed by atoms with Crippen molar-refractivity contribution in [1.29, 1.82) is 0 Å². The summed E-state index contributed by atoms with van der Waals surface area (Å²) in [5.41, 5.74) is 4.28. The minimum Gasteiger partial charge on any atom is -0.429 e. The molecule has 0 radical (unpaired) electrons. The Balaban J connectivity index is 1.27. The van der Waals surface area contributed by atoms with Crippen LogP contribution in [0.2, 0.25) is 0 Å². The number of ether oxygens (including phenoxy) is 2. The molecule has 0 bridgehead atoms. The van der Waals surface area contributed by atoms with E-state index in [0.29, 0.717) is 19.3 Å². The van der Waals surface area contributed by atoms with Crippen molar-refractivity contribution in [1.82, 2.24) is 14.9 Å². The third-order valence-corrected chi connectivity index (χ3v) is 8.29. The largest absolute Gasteiger partial charge is 0.509 e. The minimum atomic E-state index is -0.750. The zero-order valence-electron chi connectivity index (χ0n) is 24.2. The number of hydrogen-bond donors (Lipinski definition) is 1. The van der Waals surface area contributed by atoms with Gasteiger partial charge in [-0.05, 0) is 79.7 Å². The molecule has 0 saturated heterocycles. The lowest BCUT2D eigenvalue weighted by molar-refractivity contribution is -0.0774. The minimum absolute atomic E-state index is 0.0694. The van der Waals surface area contributed by atoms with E-state index in [1.54, 1.807) is 6.07 Å². The molecule has 3 aromatic carbocycles. The first-order valence-corrected chi connectivity index (χ1v) is 14.6. The van der Waals surface area contributed by atoms with Gasteiger partial charge in [-0.25, -0.2) is 14.2 Å². The van der Waals surface area contributed by atoms with E-state index in [1.165, 1.54) is 6.07 Å². The monoisotopic (exact) mass is 557 g/mol. The predicted molar refractivity (Wildman–Crippen MR) is 159 cm³/mol. The van der Waals surface area contributed by atoms with Crippen LogP contribution in [0.25, 0.3) is 11.0 Å². The number of aromatic amines is 1. The number of nitrogens with zero attached hydrogens (tertiary/aromatic N) is 2. The molecule has 0 fully saturated rings. The van der Waals surface area contributed by atoms with E-state index in [4.69, 9.17) is 14.5 Å².